The van der Waals surface area contributed by atoms with Crippen LogP contribution in [0.1, 0.15) is 51.7 Å². The van der Waals surface area contributed by atoms with Gasteiger partial charge >= 0.3 is 12.1 Å². The highest BCUT2D eigenvalue weighted by molar-refractivity contribution is 6.03. The van der Waals surface area contributed by atoms with Gasteiger partial charge in [-0.2, -0.15) is 8.78 Å². The van der Waals surface area contributed by atoms with Crippen LogP contribution in [0.4, 0.5) is 49.5 Å². The Bertz CT molecular complexity index is 1740. The van der Waals surface area contributed by atoms with Gasteiger partial charge in [0.1, 0.15) is 29.0 Å². The molecule has 0 unspecified atom stereocenters. The van der Waals surface area contributed by atoms with E-state index < -0.39 is 35.0 Å². The van der Waals surface area contributed by atoms with Crippen molar-refractivity contribution in [3.63, 3.8) is 0 Å². The van der Waals surface area contributed by atoms with Crippen LogP contribution < -0.4 is 20.3 Å². The lowest BCUT2D eigenvalue weighted by molar-refractivity contribution is -0.158. The number of urea groups is 1. The highest BCUT2D eigenvalue weighted by Crippen LogP contribution is 2.54. The van der Waals surface area contributed by atoms with Gasteiger partial charge in [-0.15, -0.1) is 0 Å². The van der Waals surface area contributed by atoms with Gasteiger partial charge in [-0.05, 0) is 78.6 Å². The van der Waals surface area contributed by atoms with Crippen LogP contribution in [0, 0.1) is 5.82 Å². The summed E-state index contributed by atoms with van der Waals surface area (Å²) >= 11 is 0. The molecule has 3 aromatic carbocycles. The number of carbonyl (C=O) groups is 1. The summed E-state index contributed by atoms with van der Waals surface area (Å²) in [5.41, 5.74) is 1.24. The molecule has 0 spiro atoms. The summed E-state index contributed by atoms with van der Waals surface area (Å²) in [7, 11) is 0. The number of fused-ring (bicyclic) bond motifs is 1. The number of carbonyl (C=O) groups excluding carboxylic acids is 1. The molecule has 3 N–H and O–H groups in total. The Kier molecular flexibility index (Phi) is 8.39. The van der Waals surface area contributed by atoms with Gasteiger partial charge in [0, 0.05) is 42.6 Å². The third kappa shape index (κ3) is 6.82. The third-order valence-corrected chi connectivity index (χ3v) is 7.61. The first-order valence-corrected chi connectivity index (χ1v) is 14.2. The highest BCUT2D eigenvalue weighted by atomic mass is 19.3. The lowest BCUT2D eigenvalue weighted by atomic mass is 9.80. The molecule has 0 atom stereocenters. The van der Waals surface area contributed by atoms with Crippen molar-refractivity contribution in [1.82, 2.24) is 0 Å². The number of hydrogen-bond donors (Lipinski definition) is 3. The summed E-state index contributed by atoms with van der Waals surface area (Å²) in [6.45, 7) is 6.07. The molecule has 3 aromatic rings. The first kappa shape index (κ1) is 31.6. The fourth-order valence-corrected chi connectivity index (χ4v) is 5.63. The minimum Gasteiger partial charge on any atom is -0.506 e. The monoisotopic (exact) mass is 625 g/mol. The molecular weight excluding hydrogens is 593 g/mol. The van der Waals surface area contributed by atoms with E-state index >= 15 is 4.39 Å². The lowest BCUT2D eigenvalue weighted by Crippen LogP contribution is -2.27. The molecule has 5 rings (SSSR count). The molecule has 1 aliphatic heterocycles. The van der Waals surface area contributed by atoms with Crippen molar-refractivity contribution >= 4 is 34.4 Å². The van der Waals surface area contributed by atoms with E-state index in [-0.39, 0.29) is 47.7 Å². The molecular formula is C34H32F5N3O3. The normalized spacial score (nSPS) is 16.3. The average molecular weight is 626 g/mol. The Morgan fingerprint density at radius 3 is 2.38 bits per heavy atom. The second-order valence-electron chi connectivity index (χ2n) is 11.8. The number of aromatic hydroxyl groups is 1. The topological polar surface area (TPSA) is 73.8 Å². The summed E-state index contributed by atoms with van der Waals surface area (Å²) < 4.78 is 76.2. The molecule has 0 aromatic heterocycles. The predicted molar refractivity (Wildman–Crippen MR) is 165 cm³/mol. The van der Waals surface area contributed by atoms with E-state index in [9.17, 15) is 27.5 Å². The van der Waals surface area contributed by atoms with Crippen molar-refractivity contribution in [2.75, 3.05) is 22.1 Å². The van der Waals surface area contributed by atoms with Crippen molar-refractivity contribution in [3.8, 4) is 11.5 Å². The van der Waals surface area contributed by atoms with Crippen LogP contribution in [0.3, 0.4) is 0 Å². The SMILES string of the molecule is CC1=C(F)C=C(c2c(F)cc(O)c3c2C(C)(C)CN3c2ccccc2NC(=O)Nc2ccc(OC(C)(F)F)cc2)C=C(F)CC1. The van der Waals surface area contributed by atoms with Crippen LogP contribution in [-0.2, 0) is 5.41 Å². The minimum atomic E-state index is -3.36. The number of nitrogens with zero attached hydrogens (tertiary/aromatic N) is 1. The van der Waals surface area contributed by atoms with E-state index in [2.05, 4.69) is 15.4 Å². The first-order valence-electron chi connectivity index (χ1n) is 14.2. The minimum absolute atomic E-state index is 0.0117. The number of anilines is 4. The largest absolute Gasteiger partial charge is 0.506 e. The molecule has 1 aliphatic carbocycles. The Hall–Kier alpha value is -4.80. The molecule has 0 saturated carbocycles. The van der Waals surface area contributed by atoms with E-state index in [1.807, 2.05) is 13.8 Å². The zero-order valence-electron chi connectivity index (χ0n) is 25.1. The summed E-state index contributed by atoms with van der Waals surface area (Å²) in [6, 6.07) is 12.4. The maximum Gasteiger partial charge on any atom is 0.394 e. The Morgan fingerprint density at radius 1 is 1.00 bits per heavy atom. The summed E-state index contributed by atoms with van der Waals surface area (Å²) in [5, 5.41) is 16.5. The van der Waals surface area contributed by atoms with Crippen molar-refractivity contribution in [2.45, 2.75) is 52.1 Å². The number of phenols is 1. The molecule has 11 heteroatoms. The van der Waals surface area contributed by atoms with E-state index in [0.29, 0.717) is 35.1 Å². The highest BCUT2D eigenvalue weighted by Gasteiger charge is 2.42. The molecule has 6 nitrogen and oxygen atoms in total. The molecule has 0 radical (unpaired) electrons. The number of rotatable bonds is 6. The van der Waals surface area contributed by atoms with Crippen LogP contribution in [-0.4, -0.2) is 23.8 Å². The van der Waals surface area contributed by atoms with E-state index in [0.717, 1.165) is 18.2 Å². The number of alkyl halides is 2. The number of halogens is 5. The number of benzene rings is 3. The number of allylic oxidation sites excluding steroid dienone is 6. The number of nitrogens with one attached hydrogen (secondary N) is 2. The molecule has 2 amide bonds. The number of para-hydroxylation sites is 2. The van der Waals surface area contributed by atoms with Crippen molar-refractivity contribution in [3.05, 3.63) is 101 Å². The molecule has 1 heterocycles. The summed E-state index contributed by atoms with van der Waals surface area (Å²) in [6.07, 6.45) is -0.934. The molecule has 2 aliphatic rings. The van der Waals surface area contributed by atoms with E-state index in [4.69, 9.17) is 0 Å². The average Bonchev–Trinajstić information content (AvgIpc) is 3.22. The van der Waals surface area contributed by atoms with Gasteiger partial charge in [0.2, 0.25) is 0 Å². The Labute approximate surface area is 257 Å². The van der Waals surface area contributed by atoms with Gasteiger partial charge in [0.05, 0.1) is 17.1 Å². The van der Waals surface area contributed by atoms with Gasteiger partial charge < -0.3 is 25.4 Å². The van der Waals surface area contributed by atoms with Crippen LogP contribution in [0.5, 0.6) is 11.5 Å². The molecule has 236 valence electrons. The second kappa shape index (κ2) is 11.9. The maximum atomic E-state index is 15.7. The van der Waals surface area contributed by atoms with E-state index in [1.165, 1.54) is 24.3 Å². The zero-order valence-corrected chi connectivity index (χ0v) is 25.1. The van der Waals surface area contributed by atoms with Gasteiger partial charge in [-0.1, -0.05) is 26.0 Å². The molecule has 0 saturated heterocycles. The molecule has 0 fully saturated rings. The Balaban J connectivity index is 1.51. The first-order chi connectivity index (χ1) is 21.1. The number of amides is 2. The van der Waals surface area contributed by atoms with Crippen LogP contribution in [0.15, 0.2) is 84.0 Å². The number of phenolic OH excluding ortho intramolecular Hbond substituents is 1. The van der Waals surface area contributed by atoms with Crippen LogP contribution in [0.25, 0.3) is 5.57 Å². The number of hydrogen-bond acceptors (Lipinski definition) is 4. The van der Waals surface area contributed by atoms with Gasteiger partial charge in [-0.3, -0.25) is 0 Å². The van der Waals surface area contributed by atoms with Crippen molar-refractivity contribution in [2.24, 2.45) is 0 Å². The van der Waals surface area contributed by atoms with Crippen molar-refractivity contribution in [1.29, 1.82) is 0 Å². The lowest BCUT2D eigenvalue weighted by Gasteiger charge is -2.25. The van der Waals surface area contributed by atoms with Crippen molar-refractivity contribution < 1.29 is 36.6 Å². The van der Waals surface area contributed by atoms with E-state index in [1.54, 1.807) is 36.1 Å². The molecule has 45 heavy (non-hydrogen) atoms. The summed E-state index contributed by atoms with van der Waals surface area (Å²) in [5.74, 6) is -2.37. The van der Waals surface area contributed by atoms with Gasteiger partial charge in [-0.25, -0.2) is 18.0 Å². The number of ether oxygens (including phenoxy) is 1. The fraction of sp³-hybridized carbons (Fsp3) is 0.265. The standard InChI is InChI=1S/C34H32F5N3O3/c1-19-9-10-21(35)15-20(16-24(19)36)29-25(37)17-28(43)31-30(29)33(2,3)18-42(31)27-8-6-5-7-26(27)41-32(44)40-22-11-13-23(14-12-22)45-34(4,38)39/h5-8,11-17,43H,9-10,18H2,1-4H3,(H2,40,41,44). The third-order valence-electron chi connectivity index (χ3n) is 7.61. The van der Waals surface area contributed by atoms with Gasteiger partial charge in [0.25, 0.3) is 0 Å². The summed E-state index contributed by atoms with van der Waals surface area (Å²) in [4.78, 5) is 14.7. The van der Waals surface area contributed by atoms with Crippen LogP contribution in [0.2, 0.25) is 0 Å². The smallest absolute Gasteiger partial charge is 0.394 e. The fourth-order valence-electron chi connectivity index (χ4n) is 5.63. The van der Waals surface area contributed by atoms with Gasteiger partial charge in [0.15, 0.2) is 0 Å². The molecule has 0 bridgehead atoms. The Morgan fingerprint density at radius 2 is 1.69 bits per heavy atom. The predicted octanol–water partition coefficient (Wildman–Crippen LogP) is 9.87. The quantitative estimate of drug-likeness (QED) is 0.239. The second-order valence-corrected chi connectivity index (χ2v) is 11.8. The zero-order chi connectivity index (χ0) is 32.7. The van der Waals surface area contributed by atoms with Crippen LogP contribution >= 0.6 is 0 Å². The maximum absolute atomic E-state index is 15.7.